The van der Waals surface area contributed by atoms with E-state index in [1.54, 1.807) is 62.8 Å². The predicted molar refractivity (Wildman–Crippen MR) is 105 cm³/mol. The van der Waals surface area contributed by atoms with Crippen LogP contribution < -0.4 is 20.1 Å². The number of nitrogens with one attached hydrogen (secondary N) is 2. The van der Waals surface area contributed by atoms with Crippen LogP contribution in [0.25, 0.3) is 6.08 Å². The van der Waals surface area contributed by atoms with Gasteiger partial charge in [0.15, 0.2) is 0 Å². The molecule has 6 heteroatoms. The van der Waals surface area contributed by atoms with Crippen molar-refractivity contribution in [2.75, 3.05) is 26.1 Å². The molecular weight excluding hydrogens is 344 g/mol. The molecule has 27 heavy (non-hydrogen) atoms. The van der Waals surface area contributed by atoms with Crippen molar-refractivity contribution in [3.8, 4) is 23.8 Å². The summed E-state index contributed by atoms with van der Waals surface area (Å²) in [5.74, 6) is 2.83. The van der Waals surface area contributed by atoms with Crippen LogP contribution in [0, 0.1) is 12.3 Å². The van der Waals surface area contributed by atoms with Crippen molar-refractivity contribution in [1.82, 2.24) is 5.32 Å². The van der Waals surface area contributed by atoms with E-state index in [0.29, 0.717) is 22.7 Å². The lowest BCUT2D eigenvalue weighted by molar-refractivity contribution is -0.111. The number of rotatable bonds is 7. The highest BCUT2D eigenvalue weighted by atomic mass is 16.5. The molecule has 0 atom stereocenters. The van der Waals surface area contributed by atoms with E-state index in [9.17, 15) is 9.59 Å². The van der Waals surface area contributed by atoms with Crippen molar-refractivity contribution >= 4 is 23.6 Å². The average Bonchev–Trinajstić information content (AvgIpc) is 2.70. The van der Waals surface area contributed by atoms with Gasteiger partial charge in [0.05, 0.1) is 32.0 Å². The maximum absolute atomic E-state index is 12.3. The van der Waals surface area contributed by atoms with Crippen molar-refractivity contribution in [3.05, 3.63) is 59.7 Å². The first-order valence-electron chi connectivity index (χ1n) is 8.10. The van der Waals surface area contributed by atoms with Crippen LogP contribution in [0.3, 0.4) is 0 Å². The van der Waals surface area contributed by atoms with Crippen LogP contribution in [0.2, 0.25) is 0 Å². The maximum atomic E-state index is 12.3. The van der Waals surface area contributed by atoms with Crippen molar-refractivity contribution in [2.45, 2.75) is 0 Å². The molecule has 0 aliphatic rings. The molecule has 2 N–H and O–H groups in total. The van der Waals surface area contributed by atoms with Gasteiger partial charge in [-0.25, -0.2) is 0 Å². The summed E-state index contributed by atoms with van der Waals surface area (Å²) in [6.45, 7) is 0.110. The second kappa shape index (κ2) is 9.68. The Labute approximate surface area is 158 Å². The first-order chi connectivity index (χ1) is 13.1. The lowest BCUT2D eigenvalue weighted by Crippen LogP contribution is -2.25. The van der Waals surface area contributed by atoms with Gasteiger partial charge in [-0.15, -0.1) is 6.42 Å². The third-order valence-electron chi connectivity index (χ3n) is 3.58. The highest BCUT2D eigenvalue weighted by molar-refractivity contribution is 6.07. The summed E-state index contributed by atoms with van der Waals surface area (Å²) in [5.41, 5.74) is 1.46. The second-order valence-corrected chi connectivity index (χ2v) is 5.40. The van der Waals surface area contributed by atoms with Gasteiger partial charge in [0.1, 0.15) is 11.5 Å². The van der Waals surface area contributed by atoms with Crippen molar-refractivity contribution in [2.24, 2.45) is 0 Å². The van der Waals surface area contributed by atoms with Gasteiger partial charge in [-0.1, -0.05) is 18.1 Å². The van der Waals surface area contributed by atoms with Gasteiger partial charge in [-0.3, -0.25) is 9.59 Å². The summed E-state index contributed by atoms with van der Waals surface area (Å²) < 4.78 is 10.4. The maximum Gasteiger partial charge on any atom is 0.254 e. The molecule has 0 radical (unpaired) electrons. The molecule has 0 unspecified atom stereocenters. The minimum absolute atomic E-state index is 0.110. The van der Waals surface area contributed by atoms with Crippen molar-refractivity contribution in [3.63, 3.8) is 0 Å². The van der Waals surface area contributed by atoms with E-state index in [2.05, 4.69) is 16.6 Å². The lowest BCUT2D eigenvalue weighted by atomic mass is 10.1. The molecule has 0 aromatic heterocycles. The Morgan fingerprint density at radius 2 is 1.78 bits per heavy atom. The minimum atomic E-state index is -0.381. The second-order valence-electron chi connectivity index (χ2n) is 5.40. The van der Waals surface area contributed by atoms with E-state index < -0.39 is 0 Å². The van der Waals surface area contributed by atoms with Gasteiger partial charge in [0.25, 0.3) is 5.91 Å². The minimum Gasteiger partial charge on any atom is -0.497 e. The number of hydrogen-bond acceptors (Lipinski definition) is 4. The van der Waals surface area contributed by atoms with Crippen molar-refractivity contribution < 1.29 is 19.1 Å². The number of carbonyl (C=O) groups is 2. The number of terminal acetylenes is 1. The number of hydrogen-bond donors (Lipinski definition) is 2. The Morgan fingerprint density at radius 3 is 2.41 bits per heavy atom. The summed E-state index contributed by atoms with van der Waals surface area (Å²) in [7, 11) is 3.11. The topological polar surface area (TPSA) is 76.7 Å². The zero-order valence-corrected chi connectivity index (χ0v) is 15.1. The Hall–Kier alpha value is -3.72. The number of ether oxygens (including phenoxy) is 2. The van der Waals surface area contributed by atoms with Gasteiger partial charge in [-0.05, 0) is 35.9 Å². The molecular formula is C21H20N2O4. The molecule has 138 valence electrons. The molecule has 2 aromatic carbocycles. The first kappa shape index (κ1) is 19.6. The monoisotopic (exact) mass is 364 g/mol. The van der Waals surface area contributed by atoms with Crippen LogP contribution in [0.4, 0.5) is 5.69 Å². The lowest BCUT2D eigenvalue weighted by Gasteiger charge is -2.09. The van der Waals surface area contributed by atoms with Crippen molar-refractivity contribution in [1.29, 1.82) is 0 Å². The van der Waals surface area contributed by atoms with Gasteiger partial charge in [0.2, 0.25) is 5.91 Å². The third-order valence-corrected chi connectivity index (χ3v) is 3.58. The Bertz CT molecular complexity index is 875. The summed E-state index contributed by atoms with van der Waals surface area (Å²) in [6.07, 6.45) is 8.14. The fourth-order valence-electron chi connectivity index (χ4n) is 2.29. The van der Waals surface area contributed by atoms with E-state index in [4.69, 9.17) is 15.9 Å². The zero-order valence-electron chi connectivity index (χ0n) is 15.1. The molecule has 0 aliphatic heterocycles. The Morgan fingerprint density at radius 1 is 1.11 bits per heavy atom. The van der Waals surface area contributed by atoms with Gasteiger partial charge < -0.3 is 20.1 Å². The summed E-state index contributed by atoms with van der Waals surface area (Å²) in [4.78, 5) is 24.4. The number of anilines is 1. The largest absolute Gasteiger partial charge is 0.497 e. The van der Waals surface area contributed by atoms with Crippen LogP contribution in [0.1, 0.15) is 15.9 Å². The normalized spacial score (nSPS) is 10.1. The van der Waals surface area contributed by atoms with E-state index >= 15 is 0 Å². The van der Waals surface area contributed by atoms with E-state index in [1.807, 2.05) is 0 Å². The number of methoxy groups -OCH3 is 2. The quantitative estimate of drug-likeness (QED) is 0.585. The summed E-state index contributed by atoms with van der Waals surface area (Å²) in [6, 6.07) is 12.0. The standard InChI is InChI=1S/C21H20N2O4/c1-4-11-22-21(25)18-7-5-6-8-19(18)23-20(24)10-9-15-12-16(26-2)14-17(13-15)27-3/h1,5-10,12-14H,11H2,2-3H3,(H,22,25)(H,23,24)/b10-9+. The zero-order chi connectivity index (χ0) is 19.6. The smallest absolute Gasteiger partial charge is 0.254 e. The van der Waals surface area contributed by atoms with Crippen LogP contribution in [-0.4, -0.2) is 32.6 Å². The van der Waals surface area contributed by atoms with E-state index in [1.165, 1.54) is 6.08 Å². The molecule has 0 saturated heterocycles. The molecule has 0 heterocycles. The molecule has 0 fully saturated rings. The highest BCUT2D eigenvalue weighted by Crippen LogP contribution is 2.23. The number of para-hydroxylation sites is 1. The molecule has 2 aromatic rings. The molecule has 0 aliphatic carbocycles. The number of carbonyl (C=O) groups excluding carboxylic acids is 2. The van der Waals surface area contributed by atoms with E-state index in [0.717, 1.165) is 5.56 Å². The highest BCUT2D eigenvalue weighted by Gasteiger charge is 2.11. The predicted octanol–water partition coefficient (Wildman–Crippen LogP) is 2.72. The summed E-state index contributed by atoms with van der Waals surface area (Å²) in [5, 5.41) is 5.27. The molecule has 0 spiro atoms. The molecule has 2 rings (SSSR count). The summed E-state index contributed by atoms with van der Waals surface area (Å²) >= 11 is 0. The molecule has 0 saturated carbocycles. The van der Waals surface area contributed by atoms with E-state index in [-0.39, 0.29) is 18.4 Å². The number of amides is 2. The SMILES string of the molecule is C#CCNC(=O)c1ccccc1NC(=O)/C=C/c1cc(OC)cc(OC)c1. The molecule has 2 amide bonds. The fourth-order valence-corrected chi connectivity index (χ4v) is 2.29. The molecule has 0 bridgehead atoms. The van der Waals surface area contributed by atoms with Crippen LogP contribution in [0.15, 0.2) is 48.5 Å². The first-order valence-corrected chi connectivity index (χ1v) is 8.10. The third kappa shape index (κ3) is 5.65. The van der Waals surface area contributed by atoms with Crippen LogP contribution >= 0.6 is 0 Å². The fraction of sp³-hybridized carbons (Fsp3) is 0.143. The van der Waals surface area contributed by atoms with Gasteiger partial charge in [0, 0.05) is 12.1 Å². The van der Waals surface area contributed by atoms with Crippen LogP contribution in [0.5, 0.6) is 11.5 Å². The number of benzene rings is 2. The average molecular weight is 364 g/mol. The Kier molecular flexibility index (Phi) is 7.03. The molecule has 6 nitrogen and oxygen atoms in total. The van der Waals surface area contributed by atoms with Crippen LogP contribution in [-0.2, 0) is 4.79 Å². The van der Waals surface area contributed by atoms with Gasteiger partial charge >= 0.3 is 0 Å². The Balaban J connectivity index is 2.14. The van der Waals surface area contributed by atoms with Gasteiger partial charge in [-0.2, -0.15) is 0 Å².